The number of nitrogens with one attached hydrogen (secondary N) is 1. The predicted octanol–water partition coefficient (Wildman–Crippen LogP) is 10.1. The molecular weight excluding hydrogens is 621 g/mol. The third-order valence-corrected chi connectivity index (χ3v) is 10.1. The minimum Gasteiger partial charge on any atom is -0.324 e. The zero-order valence-electron chi connectivity index (χ0n) is 27.7. The Morgan fingerprint density at radius 2 is 0.941 bits per heavy atom. The van der Waals surface area contributed by atoms with E-state index in [1.165, 1.54) is 22.3 Å². The summed E-state index contributed by atoms with van der Waals surface area (Å²) in [5, 5.41) is 13.5. The fourth-order valence-corrected chi connectivity index (χ4v) is 7.67. The molecule has 1 N–H and O–H groups in total. The van der Waals surface area contributed by atoms with Crippen molar-refractivity contribution in [3.8, 4) is 28.3 Å². The van der Waals surface area contributed by atoms with Gasteiger partial charge in [0.1, 0.15) is 11.7 Å². The molecule has 7 aromatic carbocycles. The molecule has 1 unspecified atom stereocenters. The van der Waals surface area contributed by atoms with Gasteiger partial charge >= 0.3 is 0 Å². The van der Waals surface area contributed by atoms with Crippen molar-refractivity contribution >= 4 is 11.7 Å². The van der Waals surface area contributed by atoms with Gasteiger partial charge in [0.05, 0.1) is 17.0 Å². The first-order valence-electron chi connectivity index (χ1n) is 17.2. The zero-order chi connectivity index (χ0) is 34.2. The fourth-order valence-electron chi connectivity index (χ4n) is 7.67. The van der Waals surface area contributed by atoms with Crippen LogP contribution in [-0.2, 0) is 5.41 Å². The zero-order valence-corrected chi connectivity index (χ0v) is 27.7. The number of benzene rings is 7. The van der Waals surface area contributed by atoms with Crippen LogP contribution >= 0.6 is 0 Å². The summed E-state index contributed by atoms with van der Waals surface area (Å²) in [5.41, 5.74) is 12.4. The number of nitriles is 1. The highest BCUT2D eigenvalue weighted by Crippen LogP contribution is 2.56. The van der Waals surface area contributed by atoms with Gasteiger partial charge in [-0.1, -0.05) is 164 Å². The molecule has 7 aromatic rings. The molecule has 0 saturated carbocycles. The van der Waals surface area contributed by atoms with Crippen molar-refractivity contribution in [1.82, 2.24) is 5.32 Å². The number of hydrogen-bond donors (Lipinski definition) is 1. The van der Waals surface area contributed by atoms with E-state index in [9.17, 15) is 5.26 Å². The SMILES string of the molecule is N#Cc1ccc2c(c1)C(c1ccccc1)(c1ccccc1)c1cc(-c3ccc(C4=NC(c5ccccc5)N=C(c5ccccc5)N4)cc3)ccc1-2. The molecule has 1 aliphatic carbocycles. The molecule has 240 valence electrons. The maximum atomic E-state index is 9.98. The average molecular weight is 653 g/mol. The highest BCUT2D eigenvalue weighted by molar-refractivity contribution is 6.16. The Hall–Kier alpha value is -6.83. The normalized spacial score (nSPS) is 15.4. The summed E-state index contributed by atoms with van der Waals surface area (Å²) >= 11 is 0. The van der Waals surface area contributed by atoms with Gasteiger partial charge in [0.2, 0.25) is 0 Å². The van der Waals surface area contributed by atoms with Crippen molar-refractivity contribution in [3.05, 3.63) is 226 Å². The Bertz CT molecular complexity index is 2440. The molecule has 0 fully saturated rings. The van der Waals surface area contributed by atoms with Crippen LogP contribution in [0.4, 0.5) is 0 Å². The monoisotopic (exact) mass is 652 g/mol. The van der Waals surface area contributed by atoms with Gasteiger partial charge in [0.25, 0.3) is 0 Å². The van der Waals surface area contributed by atoms with E-state index in [4.69, 9.17) is 9.98 Å². The predicted molar refractivity (Wildman–Crippen MR) is 206 cm³/mol. The highest BCUT2D eigenvalue weighted by Gasteiger charge is 2.46. The third-order valence-electron chi connectivity index (χ3n) is 10.1. The number of nitrogens with zero attached hydrogens (tertiary/aromatic N) is 3. The second-order valence-electron chi connectivity index (χ2n) is 12.9. The topological polar surface area (TPSA) is 60.5 Å². The summed E-state index contributed by atoms with van der Waals surface area (Å²) in [6.45, 7) is 0. The summed E-state index contributed by atoms with van der Waals surface area (Å²) in [6.07, 6.45) is -0.346. The summed E-state index contributed by atoms with van der Waals surface area (Å²) in [4.78, 5) is 10.1. The van der Waals surface area contributed by atoms with Crippen molar-refractivity contribution < 1.29 is 0 Å². The van der Waals surface area contributed by atoms with Gasteiger partial charge in [0, 0.05) is 11.1 Å². The maximum Gasteiger partial charge on any atom is 0.169 e. The van der Waals surface area contributed by atoms with Crippen LogP contribution in [-0.4, -0.2) is 11.7 Å². The summed E-state index contributed by atoms with van der Waals surface area (Å²) in [6, 6.07) is 65.7. The van der Waals surface area contributed by atoms with Crippen LogP contribution in [0.15, 0.2) is 192 Å². The van der Waals surface area contributed by atoms with Crippen molar-refractivity contribution in [3.63, 3.8) is 0 Å². The molecule has 2 aliphatic rings. The first-order chi connectivity index (χ1) is 25.2. The average Bonchev–Trinajstić information content (AvgIpc) is 3.51. The number of amidine groups is 2. The lowest BCUT2D eigenvalue weighted by atomic mass is 9.67. The van der Waals surface area contributed by atoms with E-state index in [0.29, 0.717) is 5.56 Å². The van der Waals surface area contributed by atoms with Gasteiger partial charge in [-0.15, -0.1) is 0 Å². The molecule has 1 atom stereocenters. The largest absolute Gasteiger partial charge is 0.324 e. The van der Waals surface area contributed by atoms with Gasteiger partial charge in [-0.25, -0.2) is 9.98 Å². The lowest BCUT2D eigenvalue weighted by Crippen LogP contribution is -2.36. The van der Waals surface area contributed by atoms with E-state index in [-0.39, 0.29) is 6.17 Å². The van der Waals surface area contributed by atoms with Crippen molar-refractivity contribution in [2.24, 2.45) is 9.98 Å². The Morgan fingerprint density at radius 1 is 0.471 bits per heavy atom. The molecule has 0 radical (unpaired) electrons. The van der Waals surface area contributed by atoms with Crippen LogP contribution in [0.2, 0.25) is 0 Å². The summed E-state index contributed by atoms with van der Waals surface area (Å²) < 4.78 is 0. The van der Waals surface area contributed by atoms with Gasteiger partial charge < -0.3 is 5.32 Å². The molecule has 1 heterocycles. The van der Waals surface area contributed by atoms with Crippen molar-refractivity contribution in [2.45, 2.75) is 11.6 Å². The molecule has 4 nitrogen and oxygen atoms in total. The van der Waals surface area contributed by atoms with Gasteiger partial charge in [-0.3, -0.25) is 0 Å². The van der Waals surface area contributed by atoms with E-state index >= 15 is 0 Å². The van der Waals surface area contributed by atoms with E-state index in [2.05, 4.69) is 151 Å². The lowest BCUT2D eigenvalue weighted by Gasteiger charge is -2.34. The minimum atomic E-state index is -0.587. The number of hydrogen-bond acceptors (Lipinski definition) is 4. The van der Waals surface area contributed by atoms with Crippen LogP contribution in [0, 0.1) is 11.3 Å². The van der Waals surface area contributed by atoms with Crippen LogP contribution < -0.4 is 5.32 Å². The molecule has 1 aliphatic heterocycles. The minimum absolute atomic E-state index is 0.346. The van der Waals surface area contributed by atoms with Crippen LogP contribution in [0.5, 0.6) is 0 Å². The van der Waals surface area contributed by atoms with Gasteiger partial charge in [-0.2, -0.15) is 5.26 Å². The van der Waals surface area contributed by atoms with Crippen LogP contribution in [0.1, 0.15) is 50.7 Å². The van der Waals surface area contributed by atoms with E-state index < -0.39 is 5.41 Å². The Labute approximate surface area is 297 Å². The van der Waals surface area contributed by atoms with E-state index in [0.717, 1.165) is 50.6 Å². The number of aliphatic imine (C=N–C) groups is 2. The summed E-state index contributed by atoms with van der Waals surface area (Å²) in [7, 11) is 0. The van der Waals surface area contributed by atoms with Crippen LogP contribution in [0.3, 0.4) is 0 Å². The Kier molecular flexibility index (Phi) is 7.45. The maximum absolute atomic E-state index is 9.98. The molecule has 0 amide bonds. The van der Waals surface area contributed by atoms with E-state index in [1.807, 2.05) is 42.5 Å². The number of rotatable bonds is 6. The van der Waals surface area contributed by atoms with Crippen molar-refractivity contribution in [1.29, 1.82) is 5.26 Å². The molecule has 0 aromatic heterocycles. The van der Waals surface area contributed by atoms with Crippen molar-refractivity contribution in [2.75, 3.05) is 0 Å². The first-order valence-corrected chi connectivity index (χ1v) is 17.2. The molecule has 4 heteroatoms. The fraction of sp³-hybridized carbons (Fsp3) is 0.0426. The van der Waals surface area contributed by atoms with Gasteiger partial charge in [-0.05, 0) is 68.3 Å². The molecule has 0 spiro atoms. The summed E-state index contributed by atoms with van der Waals surface area (Å²) in [5.74, 6) is 1.59. The standard InChI is InChI=1S/C47H32N4/c48-31-32-21-27-40-41-28-26-37(30-43(41)47(42(40)29-32,38-17-9-3-10-18-38)39-19-11-4-12-20-39)33-22-24-36(25-23-33)46-50-44(34-13-5-1-6-14-34)49-45(51-46)35-15-7-2-8-16-35/h1-30,44H,(H,49,50,51). The molecule has 9 rings (SSSR count). The smallest absolute Gasteiger partial charge is 0.169 e. The third kappa shape index (κ3) is 5.15. The van der Waals surface area contributed by atoms with Crippen LogP contribution in [0.25, 0.3) is 22.3 Å². The lowest BCUT2D eigenvalue weighted by molar-refractivity contribution is 0.756. The first kappa shape index (κ1) is 30.2. The Balaban J connectivity index is 1.15. The second-order valence-corrected chi connectivity index (χ2v) is 12.9. The molecule has 51 heavy (non-hydrogen) atoms. The van der Waals surface area contributed by atoms with E-state index in [1.54, 1.807) is 0 Å². The second kappa shape index (κ2) is 12.6. The molecule has 0 bridgehead atoms. The molecular formula is C47H32N4. The Morgan fingerprint density at radius 3 is 1.53 bits per heavy atom. The highest BCUT2D eigenvalue weighted by atomic mass is 15.2. The van der Waals surface area contributed by atoms with Gasteiger partial charge in [0.15, 0.2) is 6.17 Å². The number of fused-ring (bicyclic) bond motifs is 3. The molecule has 0 saturated heterocycles. The quantitative estimate of drug-likeness (QED) is 0.194.